The molecule has 0 radical (unpaired) electrons. The summed E-state index contributed by atoms with van der Waals surface area (Å²) in [7, 11) is -0.766. The molecule has 1 N–H and O–H groups in total. The fraction of sp³-hybridized carbons (Fsp3) is 0.600. The van der Waals surface area contributed by atoms with Crippen LogP contribution >= 0.6 is 15.9 Å². The van der Waals surface area contributed by atoms with Crippen LogP contribution in [0.5, 0.6) is 0 Å². The van der Waals surface area contributed by atoms with Crippen LogP contribution in [-0.4, -0.2) is 22.3 Å². The fourth-order valence-electron chi connectivity index (χ4n) is 1.47. The first-order valence-electron chi connectivity index (χ1n) is 4.80. The van der Waals surface area contributed by atoms with Crippen LogP contribution in [0, 0.1) is 0 Å². The van der Waals surface area contributed by atoms with Gasteiger partial charge >= 0.3 is 0 Å². The maximum absolute atomic E-state index is 11.0. The molecular weight excluding hydrogens is 278 g/mol. The van der Waals surface area contributed by atoms with Crippen molar-refractivity contribution in [1.82, 2.24) is 5.32 Å². The molecule has 3 unspecified atom stereocenters. The van der Waals surface area contributed by atoms with Gasteiger partial charge in [-0.05, 0) is 41.9 Å². The van der Waals surface area contributed by atoms with E-state index in [1.165, 1.54) is 0 Å². The van der Waals surface area contributed by atoms with Crippen molar-refractivity contribution in [3.63, 3.8) is 0 Å². The lowest BCUT2D eigenvalue weighted by molar-refractivity contribution is 0.399. The summed E-state index contributed by atoms with van der Waals surface area (Å²) in [5.41, 5.74) is 0. The molecule has 5 heteroatoms. The maximum Gasteiger partial charge on any atom is 0.169 e. The van der Waals surface area contributed by atoms with Crippen molar-refractivity contribution in [2.75, 3.05) is 12.0 Å². The van der Waals surface area contributed by atoms with Gasteiger partial charge in [-0.1, -0.05) is 0 Å². The van der Waals surface area contributed by atoms with Crippen LogP contribution in [-0.2, 0) is 10.8 Å². The largest absolute Gasteiger partial charge is 0.453 e. The second kappa shape index (κ2) is 5.82. The molecular formula is C10H16BrNO2S. The molecule has 1 rings (SSSR count). The van der Waals surface area contributed by atoms with Gasteiger partial charge in [-0.2, -0.15) is 0 Å². The Morgan fingerprint density at radius 1 is 1.53 bits per heavy atom. The van der Waals surface area contributed by atoms with E-state index in [-0.39, 0.29) is 12.1 Å². The number of nitrogens with one attached hydrogen (secondary N) is 1. The monoisotopic (exact) mass is 293 g/mol. The maximum atomic E-state index is 11.0. The molecule has 86 valence electrons. The highest BCUT2D eigenvalue weighted by molar-refractivity contribution is 9.10. The zero-order valence-corrected chi connectivity index (χ0v) is 11.5. The standard InChI is InChI=1S/C10H16BrNO2S/c1-7(6-15(3)13)12-8(2)9-4-5-10(11)14-9/h4-5,7-8,12H,6H2,1-3H3. The van der Waals surface area contributed by atoms with Crippen molar-refractivity contribution in [3.8, 4) is 0 Å². The molecule has 1 heterocycles. The topological polar surface area (TPSA) is 42.2 Å². The highest BCUT2D eigenvalue weighted by Crippen LogP contribution is 2.20. The highest BCUT2D eigenvalue weighted by Gasteiger charge is 2.13. The van der Waals surface area contributed by atoms with Gasteiger partial charge in [-0.3, -0.25) is 4.21 Å². The van der Waals surface area contributed by atoms with Crippen LogP contribution in [0.15, 0.2) is 21.2 Å². The molecule has 3 nitrogen and oxygen atoms in total. The first-order chi connectivity index (χ1) is 6.99. The van der Waals surface area contributed by atoms with Gasteiger partial charge in [-0.25, -0.2) is 0 Å². The van der Waals surface area contributed by atoms with Gasteiger partial charge in [0, 0.05) is 28.9 Å². The molecule has 3 atom stereocenters. The highest BCUT2D eigenvalue weighted by atomic mass is 79.9. The van der Waals surface area contributed by atoms with Gasteiger partial charge in [0.2, 0.25) is 0 Å². The number of hydrogen-bond acceptors (Lipinski definition) is 3. The average Bonchev–Trinajstić information content (AvgIpc) is 2.49. The zero-order chi connectivity index (χ0) is 11.4. The predicted molar refractivity (Wildman–Crippen MR) is 66.4 cm³/mol. The molecule has 0 amide bonds. The number of rotatable bonds is 5. The summed E-state index contributed by atoms with van der Waals surface area (Å²) in [6.07, 6.45) is 1.71. The molecule has 0 aliphatic rings. The molecule has 0 aliphatic carbocycles. The van der Waals surface area contributed by atoms with Crippen molar-refractivity contribution in [3.05, 3.63) is 22.6 Å². The van der Waals surface area contributed by atoms with Gasteiger partial charge in [0.05, 0.1) is 6.04 Å². The molecule has 0 saturated heterocycles. The molecule has 0 saturated carbocycles. The summed E-state index contributed by atoms with van der Waals surface area (Å²) in [4.78, 5) is 0. The van der Waals surface area contributed by atoms with E-state index < -0.39 is 10.8 Å². The Kier molecular flexibility index (Phi) is 5.02. The van der Waals surface area contributed by atoms with E-state index in [9.17, 15) is 4.21 Å². The Balaban J connectivity index is 2.48. The van der Waals surface area contributed by atoms with E-state index >= 15 is 0 Å². The van der Waals surface area contributed by atoms with Gasteiger partial charge in [0.15, 0.2) is 4.67 Å². The predicted octanol–water partition coefficient (Wildman–Crippen LogP) is 2.46. The SMILES string of the molecule is CC(CS(C)=O)NC(C)c1ccc(Br)o1. The molecule has 1 aromatic heterocycles. The van der Waals surface area contributed by atoms with E-state index in [4.69, 9.17) is 4.42 Å². The molecule has 1 aromatic rings. The van der Waals surface area contributed by atoms with Crippen molar-refractivity contribution in [2.45, 2.75) is 25.9 Å². The molecule has 0 bridgehead atoms. The number of furan rings is 1. The van der Waals surface area contributed by atoms with Gasteiger partial charge in [-0.15, -0.1) is 0 Å². The minimum Gasteiger partial charge on any atom is -0.453 e. The third-order valence-corrected chi connectivity index (χ3v) is 3.44. The van der Waals surface area contributed by atoms with Crippen molar-refractivity contribution < 1.29 is 8.63 Å². The fourth-order valence-corrected chi connectivity index (χ4v) is 2.59. The summed E-state index contributed by atoms with van der Waals surface area (Å²) in [5.74, 6) is 1.54. The minimum absolute atomic E-state index is 0.134. The number of halogens is 1. The summed E-state index contributed by atoms with van der Waals surface area (Å²) >= 11 is 3.26. The first kappa shape index (κ1) is 12.9. The Bertz CT molecular complexity index is 340. The lowest BCUT2D eigenvalue weighted by Gasteiger charge is -2.17. The average molecular weight is 294 g/mol. The van der Waals surface area contributed by atoms with E-state index in [1.54, 1.807) is 6.26 Å². The molecule has 0 spiro atoms. The summed E-state index contributed by atoms with van der Waals surface area (Å²) < 4.78 is 17.2. The number of hydrogen-bond donors (Lipinski definition) is 1. The van der Waals surface area contributed by atoms with Crippen LogP contribution in [0.25, 0.3) is 0 Å². The smallest absolute Gasteiger partial charge is 0.169 e. The summed E-state index contributed by atoms with van der Waals surface area (Å²) in [6, 6.07) is 4.15. The third-order valence-electron chi connectivity index (χ3n) is 2.04. The third kappa shape index (κ3) is 4.49. The van der Waals surface area contributed by atoms with Gasteiger partial charge in [0.1, 0.15) is 5.76 Å². The minimum atomic E-state index is -0.766. The molecule has 15 heavy (non-hydrogen) atoms. The van der Waals surface area contributed by atoms with Crippen LogP contribution in [0.4, 0.5) is 0 Å². The van der Waals surface area contributed by atoms with Crippen LogP contribution in [0.1, 0.15) is 25.6 Å². The Hall–Kier alpha value is -0.130. The zero-order valence-electron chi connectivity index (χ0n) is 9.12. The van der Waals surface area contributed by atoms with Crippen molar-refractivity contribution >= 4 is 26.7 Å². The van der Waals surface area contributed by atoms with E-state index in [1.807, 2.05) is 26.0 Å². The molecule has 0 aliphatic heterocycles. The van der Waals surface area contributed by atoms with Crippen LogP contribution in [0.3, 0.4) is 0 Å². The molecule has 0 fully saturated rings. The van der Waals surface area contributed by atoms with E-state index in [2.05, 4.69) is 21.2 Å². The van der Waals surface area contributed by atoms with Gasteiger partial charge in [0.25, 0.3) is 0 Å². The first-order valence-corrected chi connectivity index (χ1v) is 7.32. The Morgan fingerprint density at radius 2 is 2.20 bits per heavy atom. The Morgan fingerprint density at radius 3 is 2.67 bits per heavy atom. The quantitative estimate of drug-likeness (QED) is 0.907. The van der Waals surface area contributed by atoms with Crippen LogP contribution < -0.4 is 5.32 Å². The summed E-state index contributed by atoms with van der Waals surface area (Å²) in [5, 5.41) is 3.33. The van der Waals surface area contributed by atoms with Crippen molar-refractivity contribution in [2.24, 2.45) is 0 Å². The van der Waals surface area contributed by atoms with Crippen LogP contribution in [0.2, 0.25) is 0 Å². The lowest BCUT2D eigenvalue weighted by Crippen LogP contribution is -2.32. The summed E-state index contributed by atoms with van der Waals surface area (Å²) in [6.45, 7) is 4.05. The normalized spacial score (nSPS) is 17.3. The van der Waals surface area contributed by atoms with E-state index in [0.29, 0.717) is 5.75 Å². The second-order valence-electron chi connectivity index (χ2n) is 3.67. The van der Waals surface area contributed by atoms with E-state index in [0.717, 1.165) is 10.4 Å². The van der Waals surface area contributed by atoms with Crippen molar-refractivity contribution in [1.29, 1.82) is 0 Å². The molecule has 0 aromatic carbocycles. The lowest BCUT2D eigenvalue weighted by atomic mass is 10.2. The Labute approximate surface area is 101 Å². The second-order valence-corrected chi connectivity index (χ2v) is 5.93. The van der Waals surface area contributed by atoms with Gasteiger partial charge < -0.3 is 9.73 Å².